The van der Waals surface area contributed by atoms with Gasteiger partial charge in [-0.2, -0.15) is 0 Å². The predicted molar refractivity (Wildman–Crippen MR) is 81.5 cm³/mol. The number of nitrogens with zero attached hydrogens (tertiary/aromatic N) is 2. The van der Waals surface area contributed by atoms with E-state index < -0.39 is 0 Å². The molecule has 0 saturated heterocycles. The summed E-state index contributed by atoms with van der Waals surface area (Å²) < 4.78 is 0. The van der Waals surface area contributed by atoms with Crippen molar-refractivity contribution in [2.75, 3.05) is 6.54 Å². The first-order valence-electron chi connectivity index (χ1n) is 7.15. The zero-order valence-corrected chi connectivity index (χ0v) is 12.7. The van der Waals surface area contributed by atoms with Gasteiger partial charge in [0.2, 0.25) is 5.91 Å². The molecule has 0 saturated carbocycles. The summed E-state index contributed by atoms with van der Waals surface area (Å²) in [6.45, 7) is 2.61. The topological polar surface area (TPSA) is 54.9 Å². The van der Waals surface area contributed by atoms with Gasteiger partial charge in [-0.05, 0) is 45.1 Å². The maximum absolute atomic E-state index is 12.0. The van der Waals surface area contributed by atoms with Crippen molar-refractivity contribution in [2.24, 2.45) is 0 Å². The van der Waals surface area contributed by atoms with E-state index in [2.05, 4.69) is 21.4 Å². The molecule has 1 aliphatic carbocycles. The molecular formula is C15H21N3OS. The highest BCUT2D eigenvalue weighted by Gasteiger charge is 2.15. The van der Waals surface area contributed by atoms with Gasteiger partial charge in [0.25, 0.3) is 0 Å². The van der Waals surface area contributed by atoms with Gasteiger partial charge in [-0.15, -0.1) is 0 Å². The van der Waals surface area contributed by atoms with Gasteiger partial charge in [0.15, 0.2) is 5.16 Å². The fraction of sp³-hybridized carbons (Fsp3) is 0.533. The third-order valence-electron chi connectivity index (χ3n) is 3.32. The third kappa shape index (κ3) is 4.96. The minimum atomic E-state index is -0.169. The number of nitrogens with one attached hydrogen (secondary N) is 1. The first kappa shape index (κ1) is 15.0. The Kier molecular flexibility index (Phi) is 6.05. The molecule has 0 unspecified atom stereocenters. The Morgan fingerprint density at radius 1 is 1.40 bits per heavy atom. The molecule has 4 nitrogen and oxygen atoms in total. The van der Waals surface area contributed by atoms with E-state index in [4.69, 9.17) is 0 Å². The lowest BCUT2D eigenvalue weighted by atomic mass is 9.97. The summed E-state index contributed by atoms with van der Waals surface area (Å²) in [5.41, 5.74) is 1.49. The van der Waals surface area contributed by atoms with E-state index in [1.165, 1.54) is 43.0 Å². The zero-order valence-electron chi connectivity index (χ0n) is 11.8. The Balaban J connectivity index is 1.70. The molecular weight excluding hydrogens is 270 g/mol. The van der Waals surface area contributed by atoms with Crippen molar-refractivity contribution in [1.82, 2.24) is 15.3 Å². The molecule has 1 amide bonds. The van der Waals surface area contributed by atoms with Gasteiger partial charge >= 0.3 is 0 Å². The molecule has 0 spiro atoms. The Bertz CT molecular complexity index is 461. The summed E-state index contributed by atoms with van der Waals surface area (Å²) in [5.74, 6) is 0.0545. The van der Waals surface area contributed by atoms with Gasteiger partial charge < -0.3 is 5.32 Å². The van der Waals surface area contributed by atoms with Crippen LogP contribution in [0.3, 0.4) is 0 Å². The summed E-state index contributed by atoms with van der Waals surface area (Å²) in [5, 5.41) is 3.47. The van der Waals surface area contributed by atoms with E-state index in [1.807, 2.05) is 6.92 Å². The number of allylic oxidation sites excluding steroid dienone is 1. The Hall–Kier alpha value is -1.36. The lowest BCUT2D eigenvalue weighted by Crippen LogP contribution is -2.32. The lowest BCUT2D eigenvalue weighted by Gasteiger charge is -2.14. The zero-order chi connectivity index (χ0) is 14.2. The van der Waals surface area contributed by atoms with Gasteiger partial charge in [0.1, 0.15) is 0 Å². The minimum Gasteiger partial charge on any atom is -0.355 e. The molecule has 108 valence electrons. The van der Waals surface area contributed by atoms with Gasteiger partial charge in [-0.3, -0.25) is 4.79 Å². The highest BCUT2D eigenvalue weighted by atomic mass is 32.2. The number of carbonyl (C=O) groups is 1. The van der Waals surface area contributed by atoms with Crippen molar-refractivity contribution < 1.29 is 4.79 Å². The van der Waals surface area contributed by atoms with Crippen LogP contribution in [0.25, 0.3) is 0 Å². The summed E-state index contributed by atoms with van der Waals surface area (Å²) in [4.78, 5) is 20.2. The van der Waals surface area contributed by atoms with E-state index in [9.17, 15) is 4.79 Å². The smallest absolute Gasteiger partial charge is 0.233 e. The number of thioether (sulfide) groups is 1. The molecule has 1 aromatic rings. The van der Waals surface area contributed by atoms with Crippen molar-refractivity contribution in [1.29, 1.82) is 0 Å². The fourth-order valence-corrected chi connectivity index (χ4v) is 2.93. The molecule has 0 aromatic carbocycles. The van der Waals surface area contributed by atoms with Crippen LogP contribution in [-0.4, -0.2) is 27.7 Å². The van der Waals surface area contributed by atoms with Crippen molar-refractivity contribution in [3.8, 4) is 0 Å². The maximum atomic E-state index is 12.0. The molecule has 0 aliphatic heterocycles. The number of hydrogen-bond donors (Lipinski definition) is 1. The van der Waals surface area contributed by atoms with E-state index >= 15 is 0 Å². The average Bonchev–Trinajstić information content (AvgIpc) is 2.49. The van der Waals surface area contributed by atoms with Crippen LogP contribution in [0.1, 0.15) is 39.0 Å². The molecule has 20 heavy (non-hydrogen) atoms. The highest BCUT2D eigenvalue weighted by molar-refractivity contribution is 8.00. The van der Waals surface area contributed by atoms with Gasteiger partial charge in [-0.1, -0.05) is 23.4 Å². The van der Waals surface area contributed by atoms with Gasteiger partial charge in [-0.25, -0.2) is 9.97 Å². The Morgan fingerprint density at radius 2 is 2.20 bits per heavy atom. The molecule has 5 heteroatoms. The van der Waals surface area contributed by atoms with E-state index in [-0.39, 0.29) is 11.2 Å². The first-order chi connectivity index (χ1) is 9.75. The molecule has 1 aliphatic rings. The van der Waals surface area contributed by atoms with Crippen LogP contribution in [0.15, 0.2) is 35.3 Å². The maximum Gasteiger partial charge on any atom is 0.233 e. The first-order valence-corrected chi connectivity index (χ1v) is 8.03. The molecule has 1 aromatic heterocycles. The molecule has 0 radical (unpaired) electrons. The molecule has 0 bridgehead atoms. The highest BCUT2D eigenvalue weighted by Crippen LogP contribution is 2.20. The molecule has 2 rings (SSSR count). The standard InChI is InChI=1S/C15H21N3OS/c1-12(20-15-17-9-5-10-18-15)14(19)16-11-8-13-6-3-2-4-7-13/h5-6,9-10,12H,2-4,7-8,11H2,1H3,(H,16,19)/t12-/m0/s1. The Morgan fingerprint density at radius 3 is 2.90 bits per heavy atom. The quantitative estimate of drug-likeness (QED) is 0.497. The molecule has 0 fully saturated rings. The number of carbonyl (C=O) groups excluding carboxylic acids is 1. The predicted octanol–water partition coefficient (Wildman–Crippen LogP) is 2.96. The van der Waals surface area contributed by atoms with Crippen LogP contribution in [0.2, 0.25) is 0 Å². The van der Waals surface area contributed by atoms with E-state index in [0.29, 0.717) is 5.16 Å². The normalized spacial score (nSPS) is 16.4. The van der Waals surface area contributed by atoms with E-state index in [0.717, 1.165) is 13.0 Å². The van der Waals surface area contributed by atoms with Crippen molar-refractivity contribution >= 4 is 17.7 Å². The monoisotopic (exact) mass is 291 g/mol. The second kappa shape index (κ2) is 8.04. The fourth-order valence-electron chi connectivity index (χ4n) is 2.18. The van der Waals surface area contributed by atoms with Gasteiger partial charge in [0, 0.05) is 18.9 Å². The van der Waals surface area contributed by atoms with Crippen LogP contribution in [0.4, 0.5) is 0 Å². The minimum absolute atomic E-state index is 0.0545. The Labute approximate surface area is 124 Å². The number of rotatable bonds is 6. The van der Waals surface area contributed by atoms with Crippen LogP contribution in [-0.2, 0) is 4.79 Å². The molecule has 1 heterocycles. The second-order valence-electron chi connectivity index (χ2n) is 4.94. The second-order valence-corrected chi connectivity index (χ2v) is 6.25. The SMILES string of the molecule is C[C@H](Sc1ncccn1)C(=O)NCCC1=CCCCC1. The van der Waals surface area contributed by atoms with Crippen LogP contribution in [0.5, 0.6) is 0 Å². The third-order valence-corrected chi connectivity index (χ3v) is 4.31. The summed E-state index contributed by atoms with van der Waals surface area (Å²) in [7, 11) is 0. The van der Waals surface area contributed by atoms with Crippen LogP contribution >= 0.6 is 11.8 Å². The largest absolute Gasteiger partial charge is 0.355 e. The number of hydrogen-bond acceptors (Lipinski definition) is 4. The average molecular weight is 291 g/mol. The van der Waals surface area contributed by atoms with Gasteiger partial charge in [0.05, 0.1) is 5.25 Å². The van der Waals surface area contributed by atoms with Crippen molar-refractivity contribution in [2.45, 2.75) is 49.4 Å². The summed E-state index contributed by atoms with van der Waals surface area (Å²) in [6, 6.07) is 1.77. The lowest BCUT2D eigenvalue weighted by molar-refractivity contribution is -0.120. The van der Waals surface area contributed by atoms with Crippen LogP contribution in [0, 0.1) is 0 Å². The number of aromatic nitrogens is 2. The summed E-state index contributed by atoms with van der Waals surface area (Å²) in [6.07, 6.45) is 11.7. The summed E-state index contributed by atoms with van der Waals surface area (Å²) >= 11 is 1.39. The van der Waals surface area contributed by atoms with Crippen molar-refractivity contribution in [3.05, 3.63) is 30.1 Å². The molecule has 1 atom stereocenters. The molecule has 1 N–H and O–H groups in total. The number of amides is 1. The van der Waals surface area contributed by atoms with Crippen LogP contribution < -0.4 is 5.32 Å². The van der Waals surface area contributed by atoms with E-state index in [1.54, 1.807) is 18.5 Å². The van der Waals surface area contributed by atoms with Crippen molar-refractivity contribution in [3.63, 3.8) is 0 Å².